The van der Waals surface area contributed by atoms with E-state index in [0.717, 1.165) is 4.47 Å². The van der Waals surface area contributed by atoms with E-state index in [1.165, 1.54) is 16.7 Å². The van der Waals surface area contributed by atoms with Crippen molar-refractivity contribution in [3.63, 3.8) is 0 Å². The van der Waals surface area contributed by atoms with Gasteiger partial charge in [0.25, 0.3) is 0 Å². The molecule has 2 N–H and O–H groups in total. The fourth-order valence-corrected chi connectivity index (χ4v) is 1.61. The van der Waals surface area contributed by atoms with Crippen LogP contribution >= 0.6 is 28.3 Å². The van der Waals surface area contributed by atoms with Crippen LogP contribution in [-0.4, -0.2) is 0 Å². The summed E-state index contributed by atoms with van der Waals surface area (Å²) in [6, 6.07) is 4.20. The summed E-state index contributed by atoms with van der Waals surface area (Å²) in [4.78, 5) is 0. The summed E-state index contributed by atoms with van der Waals surface area (Å²) in [7, 11) is 0. The molecule has 0 unspecified atom stereocenters. The van der Waals surface area contributed by atoms with Gasteiger partial charge in [-0.25, -0.2) is 0 Å². The van der Waals surface area contributed by atoms with Crippen LogP contribution in [0.15, 0.2) is 16.6 Å². The van der Waals surface area contributed by atoms with Gasteiger partial charge in [-0.1, -0.05) is 22.0 Å². The van der Waals surface area contributed by atoms with E-state index in [0.29, 0.717) is 6.54 Å². The molecule has 0 aliphatic carbocycles. The summed E-state index contributed by atoms with van der Waals surface area (Å²) in [6.07, 6.45) is 0. The molecule has 1 rings (SSSR count). The van der Waals surface area contributed by atoms with Crippen LogP contribution in [-0.2, 0) is 6.54 Å². The summed E-state index contributed by atoms with van der Waals surface area (Å²) in [5.74, 6) is 0. The zero-order valence-electron chi connectivity index (χ0n) is 7.23. The Bertz CT molecular complexity index is 250. The zero-order chi connectivity index (χ0) is 8.43. The number of aryl methyl sites for hydroxylation is 1. The maximum atomic E-state index is 5.52. The molecule has 0 fully saturated rings. The van der Waals surface area contributed by atoms with Gasteiger partial charge in [-0.2, -0.15) is 0 Å². The minimum Gasteiger partial charge on any atom is -0.326 e. The fraction of sp³-hybridized carbons (Fsp3) is 0.333. The van der Waals surface area contributed by atoms with Gasteiger partial charge in [0, 0.05) is 11.0 Å². The number of nitrogens with two attached hydrogens (primary N) is 1. The molecular formula is C9H13BrClN. The molecule has 0 saturated heterocycles. The van der Waals surface area contributed by atoms with Crippen molar-refractivity contribution in [2.45, 2.75) is 20.4 Å². The maximum absolute atomic E-state index is 5.52. The predicted octanol–water partition coefficient (Wildman–Crippen LogP) is 2.95. The van der Waals surface area contributed by atoms with Gasteiger partial charge in [0.05, 0.1) is 0 Å². The lowest BCUT2D eigenvalue weighted by Gasteiger charge is -2.05. The molecule has 0 aliphatic heterocycles. The van der Waals surface area contributed by atoms with Crippen molar-refractivity contribution in [2.24, 2.45) is 5.73 Å². The lowest BCUT2D eigenvalue weighted by atomic mass is 10.1. The van der Waals surface area contributed by atoms with Gasteiger partial charge in [0.15, 0.2) is 0 Å². The molecule has 0 atom stereocenters. The molecule has 0 saturated carbocycles. The second-order valence-corrected chi connectivity index (χ2v) is 3.58. The first-order chi connectivity index (χ1) is 5.15. The molecule has 1 aromatic rings. The molecule has 0 radical (unpaired) electrons. The number of halogens is 2. The molecule has 1 aromatic carbocycles. The Morgan fingerprint density at radius 1 is 1.33 bits per heavy atom. The van der Waals surface area contributed by atoms with E-state index in [1.54, 1.807) is 0 Å². The normalized spacial score (nSPS) is 9.33. The zero-order valence-corrected chi connectivity index (χ0v) is 9.63. The van der Waals surface area contributed by atoms with E-state index < -0.39 is 0 Å². The third kappa shape index (κ3) is 2.47. The molecule has 0 bridgehead atoms. The van der Waals surface area contributed by atoms with Crippen LogP contribution in [0.4, 0.5) is 0 Å². The minimum absolute atomic E-state index is 0. The summed E-state index contributed by atoms with van der Waals surface area (Å²) in [6.45, 7) is 4.80. The van der Waals surface area contributed by atoms with Crippen molar-refractivity contribution < 1.29 is 0 Å². The van der Waals surface area contributed by atoms with Crippen molar-refractivity contribution >= 4 is 28.3 Å². The molecular weight excluding hydrogens is 237 g/mol. The van der Waals surface area contributed by atoms with E-state index in [2.05, 4.69) is 41.9 Å². The van der Waals surface area contributed by atoms with Crippen molar-refractivity contribution in [1.29, 1.82) is 0 Å². The molecule has 0 heterocycles. The molecule has 12 heavy (non-hydrogen) atoms. The van der Waals surface area contributed by atoms with Crippen molar-refractivity contribution in [1.82, 2.24) is 0 Å². The smallest absolute Gasteiger partial charge is 0.0210 e. The molecule has 1 nitrogen and oxygen atoms in total. The van der Waals surface area contributed by atoms with E-state index in [4.69, 9.17) is 5.73 Å². The fourth-order valence-electron chi connectivity index (χ4n) is 1.01. The lowest BCUT2D eigenvalue weighted by Crippen LogP contribution is -1.97. The Morgan fingerprint density at radius 3 is 2.33 bits per heavy atom. The highest BCUT2D eigenvalue weighted by Gasteiger charge is 1.99. The Hall–Kier alpha value is -0.0500. The van der Waals surface area contributed by atoms with Crippen LogP contribution in [0.2, 0.25) is 0 Å². The third-order valence-corrected chi connectivity index (χ3v) is 2.72. The van der Waals surface area contributed by atoms with Crippen LogP contribution in [0.25, 0.3) is 0 Å². The van der Waals surface area contributed by atoms with Gasteiger partial charge in [0.2, 0.25) is 0 Å². The van der Waals surface area contributed by atoms with Crippen molar-refractivity contribution in [3.05, 3.63) is 33.3 Å². The first kappa shape index (κ1) is 11.9. The molecule has 0 aromatic heterocycles. The monoisotopic (exact) mass is 249 g/mol. The van der Waals surface area contributed by atoms with Crippen LogP contribution in [0.3, 0.4) is 0 Å². The third-order valence-electron chi connectivity index (χ3n) is 1.90. The summed E-state index contributed by atoms with van der Waals surface area (Å²) < 4.78 is 1.15. The highest BCUT2D eigenvalue weighted by Crippen LogP contribution is 2.21. The van der Waals surface area contributed by atoms with Crippen LogP contribution in [0, 0.1) is 13.8 Å². The topological polar surface area (TPSA) is 26.0 Å². The maximum Gasteiger partial charge on any atom is 0.0210 e. The van der Waals surface area contributed by atoms with Gasteiger partial charge in [-0.15, -0.1) is 12.4 Å². The highest BCUT2D eigenvalue weighted by atomic mass is 79.9. The van der Waals surface area contributed by atoms with Crippen molar-refractivity contribution in [3.8, 4) is 0 Å². The van der Waals surface area contributed by atoms with Crippen LogP contribution in [0.1, 0.15) is 16.7 Å². The lowest BCUT2D eigenvalue weighted by molar-refractivity contribution is 1.06. The van der Waals surface area contributed by atoms with E-state index in [-0.39, 0.29) is 12.4 Å². The number of rotatable bonds is 1. The van der Waals surface area contributed by atoms with Crippen LogP contribution in [0.5, 0.6) is 0 Å². The first-order valence-corrected chi connectivity index (χ1v) is 4.40. The van der Waals surface area contributed by atoms with Gasteiger partial charge < -0.3 is 5.73 Å². The van der Waals surface area contributed by atoms with Gasteiger partial charge in [-0.05, 0) is 36.6 Å². The Morgan fingerprint density at radius 2 is 1.92 bits per heavy atom. The predicted molar refractivity (Wildman–Crippen MR) is 58.8 cm³/mol. The second-order valence-electron chi connectivity index (χ2n) is 2.72. The summed E-state index contributed by atoms with van der Waals surface area (Å²) in [5.41, 5.74) is 9.28. The SMILES string of the molecule is Cc1cc(CN)cc(Br)c1C.Cl. The average Bonchev–Trinajstić information content (AvgIpc) is 1.99. The van der Waals surface area contributed by atoms with E-state index >= 15 is 0 Å². The number of hydrogen-bond acceptors (Lipinski definition) is 1. The average molecular weight is 251 g/mol. The Kier molecular flexibility index (Phi) is 4.83. The number of benzene rings is 1. The highest BCUT2D eigenvalue weighted by molar-refractivity contribution is 9.10. The van der Waals surface area contributed by atoms with Gasteiger partial charge in [0.1, 0.15) is 0 Å². The largest absolute Gasteiger partial charge is 0.326 e. The van der Waals surface area contributed by atoms with Crippen LogP contribution < -0.4 is 5.73 Å². The molecule has 3 heteroatoms. The number of hydrogen-bond donors (Lipinski definition) is 1. The Balaban J connectivity index is 0.00000121. The van der Waals surface area contributed by atoms with Crippen molar-refractivity contribution in [2.75, 3.05) is 0 Å². The molecule has 0 aliphatic rings. The van der Waals surface area contributed by atoms with E-state index in [1.807, 2.05) is 0 Å². The molecule has 0 spiro atoms. The first-order valence-electron chi connectivity index (χ1n) is 3.61. The standard InChI is InChI=1S/C9H12BrN.ClH/c1-6-3-8(5-11)4-9(10)7(6)2;/h3-4H,5,11H2,1-2H3;1H. The molecule has 68 valence electrons. The van der Waals surface area contributed by atoms with E-state index in [9.17, 15) is 0 Å². The minimum atomic E-state index is 0. The summed E-state index contributed by atoms with van der Waals surface area (Å²) in [5, 5.41) is 0. The molecule has 0 amide bonds. The van der Waals surface area contributed by atoms with Gasteiger partial charge in [-0.3, -0.25) is 0 Å². The second kappa shape index (κ2) is 4.85. The van der Waals surface area contributed by atoms with Gasteiger partial charge >= 0.3 is 0 Å². The quantitative estimate of drug-likeness (QED) is 0.815. The summed E-state index contributed by atoms with van der Waals surface area (Å²) >= 11 is 3.48. The Labute approximate surface area is 87.9 Å².